The normalized spacial score (nSPS) is 22.0. The molecule has 5 nitrogen and oxygen atoms in total. The van der Waals surface area contributed by atoms with Gasteiger partial charge in [-0.15, -0.1) is 12.4 Å². The van der Waals surface area contributed by atoms with Crippen LogP contribution in [0.2, 0.25) is 5.02 Å². The Balaban J connectivity index is 0.00000264. The highest BCUT2D eigenvalue weighted by Crippen LogP contribution is 2.21. The van der Waals surface area contributed by atoms with Gasteiger partial charge in [-0.25, -0.2) is 4.39 Å². The summed E-state index contributed by atoms with van der Waals surface area (Å²) in [5.41, 5.74) is 0.177. The second-order valence-corrected chi connectivity index (χ2v) is 7.87. The van der Waals surface area contributed by atoms with Crippen molar-refractivity contribution in [2.45, 2.75) is 38.4 Å². The minimum Gasteiger partial charge on any atom is -0.314 e. The molecule has 1 aromatic rings. The fourth-order valence-electron chi connectivity index (χ4n) is 2.53. The Kier molecular flexibility index (Phi) is 7.70. The maximum absolute atomic E-state index is 13.8. The van der Waals surface area contributed by atoms with Gasteiger partial charge < -0.3 is 5.32 Å². The Morgan fingerprint density at radius 2 is 2.17 bits per heavy atom. The molecule has 0 saturated carbocycles. The molecular formula is C14H22Cl2FN3O2S. The summed E-state index contributed by atoms with van der Waals surface area (Å²) in [4.78, 5) is 0. The lowest BCUT2D eigenvalue weighted by Gasteiger charge is -2.30. The molecule has 2 rings (SSSR count). The monoisotopic (exact) mass is 385 g/mol. The standard InChI is InChI=1S/C14H21ClFN3O2S.ClH/c1-10-8-11(6-7-17-10)18-22(20,21)19(2)9-12-13(15)4-3-5-14(12)16;/h3-5,10-11,17-18H,6-9H2,1-2H3;1H. The van der Waals surface area contributed by atoms with Crippen molar-refractivity contribution in [2.24, 2.45) is 0 Å². The van der Waals surface area contributed by atoms with Crippen LogP contribution in [-0.4, -0.2) is 38.4 Å². The maximum Gasteiger partial charge on any atom is 0.279 e. The Labute approximate surface area is 148 Å². The molecule has 0 bridgehead atoms. The number of benzene rings is 1. The molecule has 2 unspecified atom stereocenters. The SMILES string of the molecule is CC1CC(NS(=O)(=O)N(C)Cc2c(F)cccc2Cl)CCN1.Cl. The molecule has 0 radical (unpaired) electrons. The van der Waals surface area contributed by atoms with Crippen molar-refractivity contribution >= 4 is 34.2 Å². The van der Waals surface area contributed by atoms with Gasteiger partial charge in [0.15, 0.2) is 0 Å². The third kappa shape index (κ3) is 5.55. The van der Waals surface area contributed by atoms with Gasteiger partial charge in [0.25, 0.3) is 10.2 Å². The first kappa shape index (κ1) is 20.6. The fraction of sp³-hybridized carbons (Fsp3) is 0.571. The van der Waals surface area contributed by atoms with Crippen LogP contribution in [0.5, 0.6) is 0 Å². The Morgan fingerprint density at radius 1 is 1.48 bits per heavy atom. The number of hydrogen-bond donors (Lipinski definition) is 2. The second kappa shape index (κ2) is 8.60. The van der Waals surface area contributed by atoms with E-state index in [0.29, 0.717) is 0 Å². The van der Waals surface area contributed by atoms with Crippen LogP contribution in [0.1, 0.15) is 25.3 Å². The van der Waals surface area contributed by atoms with Crippen LogP contribution >= 0.6 is 24.0 Å². The molecule has 1 aliphatic heterocycles. The summed E-state index contributed by atoms with van der Waals surface area (Å²) in [5.74, 6) is -0.509. The van der Waals surface area contributed by atoms with Crippen molar-refractivity contribution in [3.8, 4) is 0 Å². The van der Waals surface area contributed by atoms with E-state index in [4.69, 9.17) is 11.6 Å². The van der Waals surface area contributed by atoms with Gasteiger partial charge in [-0.1, -0.05) is 17.7 Å². The Bertz CT molecular complexity index is 610. The summed E-state index contributed by atoms with van der Waals surface area (Å²) in [6.07, 6.45) is 1.46. The zero-order valence-corrected chi connectivity index (χ0v) is 15.4. The van der Waals surface area contributed by atoms with Crippen molar-refractivity contribution in [1.29, 1.82) is 0 Å². The molecule has 23 heavy (non-hydrogen) atoms. The summed E-state index contributed by atoms with van der Waals surface area (Å²) in [5, 5.41) is 3.49. The van der Waals surface area contributed by atoms with Gasteiger partial charge in [0.05, 0.1) is 0 Å². The van der Waals surface area contributed by atoms with Crippen LogP contribution < -0.4 is 10.0 Å². The Hall–Kier alpha value is -0.440. The third-order valence-electron chi connectivity index (χ3n) is 3.79. The van der Waals surface area contributed by atoms with Crippen molar-refractivity contribution in [3.05, 3.63) is 34.6 Å². The van der Waals surface area contributed by atoms with E-state index in [1.54, 1.807) is 6.07 Å². The zero-order valence-electron chi connectivity index (χ0n) is 13.1. The predicted octanol–water partition coefficient (Wildman–Crippen LogP) is 2.31. The van der Waals surface area contributed by atoms with Crippen LogP contribution in [0.25, 0.3) is 0 Å². The molecule has 2 atom stereocenters. The molecule has 2 N–H and O–H groups in total. The predicted molar refractivity (Wildman–Crippen MR) is 92.7 cm³/mol. The lowest BCUT2D eigenvalue weighted by Crippen LogP contribution is -2.49. The van der Waals surface area contributed by atoms with Gasteiger partial charge in [-0.05, 0) is 38.4 Å². The maximum atomic E-state index is 13.8. The molecule has 1 heterocycles. The summed E-state index contributed by atoms with van der Waals surface area (Å²) >= 11 is 5.94. The van der Waals surface area contributed by atoms with Crippen molar-refractivity contribution in [3.63, 3.8) is 0 Å². The third-order valence-corrected chi connectivity index (χ3v) is 5.73. The van der Waals surface area contributed by atoms with E-state index in [1.165, 1.54) is 19.2 Å². The van der Waals surface area contributed by atoms with Crippen LogP contribution in [0, 0.1) is 5.82 Å². The number of hydrogen-bond acceptors (Lipinski definition) is 3. The first-order valence-electron chi connectivity index (χ1n) is 7.19. The van der Waals surface area contributed by atoms with Gasteiger partial charge in [0, 0.05) is 36.3 Å². The molecule has 0 aliphatic carbocycles. The highest BCUT2D eigenvalue weighted by Gasteiger charge is 2.26. The molecular weight excluding hydrogens is 364 g/mol. The second-order valence-electron chi connectivity index (χ2n) is 5.66. The quantitative estimate of drug-likeness (QED) is 0.817. The topological polar surface area (TPSA) is 61.4 Å². The lowest BCUT2D eigenvalue weighted by atomic mass is 10.0. The van der Waals surface area contributed by atoms with Gasteiger partial charge in [0.1, 0.15) is 5.82 Å². The smallest absolute Gasteiger partial charge is 0.279 e. The minimum atomic E-state index is -3.68. The van der Waals surface area contributed by atoms with Crippen LogP contribution in [-0.2, 0) is 16.8 Å². The lowest BCUT2D eigenvalue weighted by molar-refractivity contribution is 0.351. The van der Waals surface area contributed by atoms with E-state index >= 15 is 0 Å². The number of nitrogens with zero attached hydrogens (tertiary/aromatic N) is 1. The van der Waals surface area contributed by atoms with Gasteiger partial charge in [-0.2, -0.15) is 17.4 Å². The first-order chi connectivity index (χ1) is 10.3. The molecule has 9 heteroatoms. The molecule has 0 aromatic heterocycles. The molecule has 132 valence electrons. The van der Waals surface area contributed by atoms with Crippen LogP contribution in [0.4, 0.5) is 4.39 Å². The van der Waals surface area contributed by atoms with E-state index in [0.717, 1.165) is 23.7 Å². The molecule has 1 aliphatic rings. The number of nitrogens with one attached hydrogen (secondary N) is 2. The molecule has 0 spiro atoms. The van der Waals surface area contributed by atoms with E-state index in [2.05, 4.69) is 10.0 Å². The molecule has 1 aromatic carbocycles. The van der Waals surface area contributed by atoms with Crippen molar-refractivity contribution in [2.75, 3.05) is 13.6 Å². The van der Waals surface area contributed by atoms with Crippen LogP contribution in [0.3, 0.4) is 0 Å². The van der Waals surface area contributed by atoms with E-state index < -0.39 is 16.0 Å². The fourth-order valence-corrected chi connectivity index (χ4v) is 3.87. The van der Waals surface area contributed by atoms with Crippen LogP contribution in [0.15, 0.2) is 18.2 Å². The van der Waals surface area contributed by atoms with Crippen molar-refractivity contribution in [1.82, 2.24) is 14.3 Å². The molecule has 0 amide bonds. The average molecular weight is 386 g/mol. The Morgan fingerprint density at radius 3 is 2.78 bits per heavy atom. The zero-order chi connectivity index (χ0) is 16.3. The summed E-state index contributed by atoms with van der Waals surface area (Å²) in [6, 6.07) is 4.46. The number of piperidine rings is 1. The van der Waals surface area contributed by atoms with Gasteiger partial charge >= 0.3 is 0 Å². The number of rotatable bonds is 5. The highest BCUT2D eigenvalue weighted by atomic mass is 35.5. The summed E-state index contributed by atoms with van der Waals surface area (Å²) < 4.78 is 42.3. The summed E-state index contributed by atoms with van der Waals surface area (Å²) in [6.45, 7) is 2.68. The van der Waals surface area contributed by atoms with E-state index in [-0.39, 0.29) is 41.6 Å². The van der Waals surface area contributed by atoms with Gasteiger partial charge in [0.2, 0.25) is 0 Å². The van der Waals surface area contributed by atoms with E-state index in [1.807, 2.05) is 6.92 Å². The summed E-state index contributed by atoms with van der Waals surface area (Å²) in [7, 11) is -2.27. The van der Waals surface area contributed by atoms with Gasteiger partial charge in [-0.3, -0.25) is 0 Å². The highest BCUT2D eigenvalue weighted by molar-refractivity contribution is 7.87. The largest absolute Gasteiger partial charge is 0.314 e. The average Bonchev–Trinajstić information content (AvgIpc) is 2.42. The minimum absolute atomic E-state index is 0. The molecule has 1 saturated heterocycles. The first-order valence-corrected chi connectivity index (χ1v) is 9.01. The van der Waals surface area contributed by atoms with Crippen molar-refractivity contribution < 1.29 is 12.8 Å². The number of halogens is 3. The van der Waals surface area contributed by atoms with E-state index in [9.17, 15) is 12.8 Å². The molecule has 1 fully saturated rings.